The summed E-state index contributed by atoms with van der Waals surface area (Å²) in [5.74, 6) is 0.579. The molecule has 0 bridgehead atoms. The predicted octanol–water partition coefficient (Wildman–Crippen LogP) is 1.14. The fourth-order valence-corrected chi connectivity index (χ4v) is 1.04. The van der Waals surface area contributed by atoms with Crippen molar-refractivity contribution >= 4 is 5.82 Å². The molecule has 0 radical (unpaired) electrons. The van der Waals surface area contributed by atoms with Gasteiger partial charge < -0.3 is 10.4 Å². The van der Waals surface area contributed by atoms with Gasteiger partial charge in [-0.2, -0.15) is 5.26 Å². The Morgan fingerprint density at radius 1 is 1.71 bits per heavy atom. The first-order valence-corrected chi connectivity index (χ1v) is 4.51. The van der Waals surface area contributed by atoms with Crippen LogP contribution in [-0.4, -0.2) is 22.7 Å². The molecule has 1 aromatic heterocycles. The van der Waals surface area contributed by atoms with Crippen molar-refractivity contribution in [1.82, 2.24) is 4.98 Å². The third-order valence-electron chi connectivity index (χ3n) is 1.78. The van der Waals surface area contributed by atoms with Crippen molar-refractivity contribution < 1.29 is 5.11 Å². The lowest BCUT2D eigenvalue weighted by Crippen LogP contribution is -2.11. The molecule has 1 aromatic rings. The van der Waals surface area contributed by atoms with Gasteiger partial charge in [-0.3, -0.25) is 0 Å². The molecule has 0 saturated heterocycles. The Morgan fingerprint density at radius 2 is 2.50 bits per heavy atom. The van der Waals surface area contributed by atoms with E-state index in [-0.39, 0.29) is 6.10 Å². The highest BCUT2D eigenvalue weighted by molar-refractivity contribution is 5.50. The quantitative estimate of drug-likeness (QED) is 0.748. The van der Waals surface area contributed by atoms with Crippen LogP contribution in [0.15, 0.2) is 18.3 Å². The molecule has 0 unspecified atom stereocenters. The molecule has 0 spiro atoms. The van der Waals surface area contributed by atoms with E-state index in [1.165, 1.54) is 0 Å². The van der Waals surface area contributed by atoms with Gasteiger partial charge >= 0.3 is 0 Å². The first-order chi connectivity index (χ1) is 6.74. The summed E-state index contributed by atoms with van der Waals surface area (Å²) in [5.41, 5.74) is 0.526. The molecule has 14 heavy (non-hydrogen) atoms. The zero-order valence-electron chi connectivity index (χ0n) is 8.07. The number of anilines is 1. The van der Waals surface area contributed by atoms with Gasteiger partial charge in [0.15, 0.2) is 0 Å². The smallest absolute Gasteiger partial charge is 0.143 e. The topological polar surface area (TPSA) is 68.9 Å². The summed E-state index contributed by atoms with van der Waals surface area (Å²) >= 11 is 0. The molecular formula is C10H13N3O. The van der Waals surface area contributed by atoms with Crippen LogP contribution in [0.5, 0.6) is 0 Å². The minimum absolute atomic E-state index is 0.336. The summed E-state index contributed by atoms with van der Waals surface area (Å²) in [6.07, 6.45) is 1.93. The van der Waals surface area contributed by atoms with E-state index in [1.807, 2.05) is 6.07 Å². The maximum Gasteiger partial charge on any atom is 0.143 e. The fourth-order valence-electron chi connectivity index (χ4n) is 1.04. The number of pyridine rings is 1. The molecule has 4 heteroatoms. The Bertz CT molecular complexity index is 330. The molecule has 0 fully saturated rings. The van der Waals surface area contributed by atoms with Crippen molar-refractivity contribution in [2.24, 2.45) is 0 Å². The minimum Gasteiger partial charge on any atom is -0.393 e. The van der Waals surface area contributed by atoms with E-state index in [2.05, 4.69) is 10.3 Å². The van der Waals surface area contributed by atoms with Crippen molar-refractivity contribution in [2.45, 2.75) is 19.4 Å². The van der Waals surface area contributed by atoms with Crippen molar-refractivity contribution in [1.29, 1.82) is 5.26 Å². The summed E-state index contributed by atoms with van der Waals surface area (Å²) in [6.45, 7) is 2.34. The molecule has 0 saturated carbocycles. The summed E-state index contributed by atoms with van der Waals surface area (Å²) < 4.78 is 0. The van der Waals surface area contributed by atoms with Gasteiger partial charge in [-0.1, -0.05) is 0 Å². The molecule has 0 amide bonds. The van der Waals surface area contributed by atoms with Crippen molar-refractivity contribution in [3.63, 3.8) is 0 Å². The van der Waals surface area contributed by atoms with Crippen LogP contribution < -0.4 is 5.32 Å². The molecule has 2 N–H and O–H groups in total. The number of hydrogen-bond donors (Lipinski definition) is 2. The lowest BCUT2D eigenvalue weighted by Gasteiger charge is -2.07. The van der Waals surface area contributed by atoms with Gasteiger partial charge in [0.05, 0.1) is 11.7 Å². The maximum atomic E-state index is 9.03. The summed E-state index contributed by atoms with van der Waals surface area (Å²) in [6, 6.07) is 5.47. The molecule has 0 aromatic carbocycles. The maximum absolute atomic E-state index is 9.03. The van der Waals surface area contributed by atoms with Gasteiger partial charge in [-0.15, -0.1) is 0 Å². The highest BCUT2D eigenvalue weighted by Gasteiger charge is 2.01. The van der Waals surface area contributed by atoms with Gasteiger partial charge in [0.1, 0.15) is 11.9 Å². The van der Waals surface area contributed by atoms with E-state index in [0.29, 0.717) is 24.3 Å². The monoisotopic (exact) mass is 191 g/mol. The second-order valence-electron chi connectivity index (χ2n) is 3.08. The van der Waals surface area contributed by atoms with Crippen LogP contribution in [0.25, 0.3) is 0 Å². The average molecular weight is 191 g/mol. The van der Waals surface area contributed by atoms with Crippen molar-refractivity contribution in [2.75, 3.05) is 11.9 Å². The lowest BCUT2D eigenvalue weighted by atomic mass is 10.2. The Balaban J connectivity index is 2.54. The number of hydrogen-bond acceptors (Lipinski definition) is 4. The van der Waals surface area contributed by atoms with Crippen LogP contribution in [0, 0.1) is 11.3 Å². The predicted molar refractivity (Wildman–Crippen MR) is 53.7 cm³/mol. The second-order valence-corrected chi connectivity index (χ2v) is 3.08. The summed E-state index contributed by atoms with van der Waals surface area (Å²) in [4.78, 5) is 4.03. The van der Waals surface area contributed by atoms with Gasteiger partial charge in [-0.25, -0.2) is 4.98 Å². The van der Waals surface area contributed by atoms with E-state index in [0.717, 1.165) is 0 Å². The van der Waals surface area contributed by atoms with Crippen LogP contribution in [0.4, 0.5) is 5.82 Å². The normalized spacial score (nSPS) is 11.8. The Labute approximate surface area is 83.2 Å². The molecule has 0 aliphatic heterocycles. The van der Waals surface area contributed by atoms with Crippen LogP contribution in [-0.2, 0) is 0 Å². The largest absolute Gasteiger partial charge is 0.393 e. The van der Waals surface area contributed by atoms with Gasteiger partial charge in [-0.05, 0) is 25.5 Å². The van der Waals surface area contributed by atoms with E-state index in [4.69, 9.17) is 10.4 Å². The highest BCUT2D eigenvalue weighted by atomic mass is 16.3. The van der Waals surface area contributed by atoms with Gasteiger partial charge in [0.25, 0.3) is 0 Å². The highest BCUT2D eigenvalue weighted by Crippen LogP contribution is 2.09. The zero-order valence-corrected chi connectivity index (χ0v) is 8.07. The molecule has 4 nitrogen and oxygen atoms in total. The van der Waals surface area contributed by atoms with Gasteiger partial charge in [0, 0.05) is 12.7 Å². The number of aliphatic hydroxyl groups excluding tert-OH is 1. The minimum atomic E-state index is -0.336. The standard InChI is InChI=1S/C10H13N3O/c1-8(14)4-6-13-10-9(7-11)3-2-5-12-10/h2-3,5,8,14H,4,6H2,1H3,(H,12,13)/t8-/m1/s1. The van der Waals surface area contributed by atoms with E-state index in [9.17, 15) is 0 Å². The third-order valence-corrected chi connectivity index (χ3v) is 1.78. The first kappa shape index (κ1) is 10.5. The van der Waals surface area contributed by atoms with Crippen molar-refractivity contribution in [3.05, 3.63) is 23.9 Å². The molecule has 0 aliphatic carbocycles. The zero-order chi connectivity index (χ0) is 10.4. The number of rotatable bonds is 4. The van der Waals surface area contributed by atoms with Gasteiger partial charge in [0.2, 0.25) is 0 Å². The van der Waals surface area contributed by atoms with E-state index >= 15 is 0 Å². The lowest BCUT2D eigenvalue weighted by molar-refractivity contribution is 0.188. The number of nitrogens with zero attached hydrogens (tertiary/aromatic N) is 2. The van der Waals surface area contributed by atoms with E-state index < -0.39 is 0 Å². The Hall–Kier alpha value is -1.60. The third kappa shape index (κ3) is 3.04. The molecule has 1 atom stereocenters. The molecule has 0 aliphatic rings. The molecule has 74 valence electrons. The Kier molecular flexibility index (Phi) is 3.89. The Morgan fingerprint density at radius 3 is 3.14 bits per heavy atom. The number of aliphatic hydroxyl groups is 1. The van der Waals surface area contributed by atoms with Crippen LogP contribution >= 0.6 is 0 Å². The molecule has 1 rings (SSSR count). The average Bonchev–Trinajstić information content (AvgIpc) is 2.18. The van der Waals surface area contributed by atoms with E-state index in [1.54, 1.807) is 25.3 Å². The molecular weight excluding hydrogens is 178 g/mol. The second kappa shape index (κ2) is 5.20. The number of nitrogens with one attached hydrogen (secondary N) is 1. The molecule has 1 heterocycles. The van der Waals surface area contributed by atoms with Crippen LogP contribution in [0.1, 0.15) is 18.9 Å². The number of nitriles is 1. The first-order valence-electron chi connectivity index (χ1n) is 4.51. The van der Waals surface area contributed by atoms with Crippen LogP contribution in [0.2, 0.25) is 0 Å². The fraction of sp³-hybridized carbons (Fsp3) is 0.400. The summed E-state index contributed by atoms with van der Waals surface area (Å²) in [7, 11) is 0. The van der Waals surface area contributed by atoms with Crippen LogP contribution in [0.3, 0.4) is 0 Å². The number of aromatic nitrogens is 1. The SMILES string of the molecule is C[C@@H](O)CCNc1ncccc1C#N. The van der Waals surface area contributed by atoms with Crippen molar-refractivity contribution in [3.8, 4) is 6.07 Å². The summed E-state index contributed by atoms with van der Waals surface area (Å²) in [5, 5.41) is 20.8.